The van der Waals surface area contributed by atoms with Crippen molar-refractivity contribution in [3.05, 3.63) is 44.1 Å². The molecule has 5 heteroatoms. The Morgan fingerprint density at radius 3 is 2.47 bits per heavy atom. The zero-order valence-electron chi connectivity index (χ0n) is 10.9. The Labute approximate surface area is 124 Å². The lowest BCUT2D eigenvalue weighted by Gasteiger charge is -2.15. The summed E-state index contributed by atoms with van der Waals surface area (Å²) in [6.45, 7) is 2.01. The van der Waals surface area contributed by atoms with Gasteiger partial charge in [-0.3, -0.25) is 0 Å². The molecule has 0 aliphatic heterocycles. The van der Waals surface area contributed by atoms with Gasteiger partial charge in [-0.25, -0.2) is 0 Å². The van der Waals surface area contributed by atoms with Gasteiger partial charge >= 0.3 is 0 Å². The highest BCUT2D eigenvalue weighted by atomic mass is 79.9. The van der Waals surface area contributed by atoms with Crippen LogP contribution in [0.2, 0.25) is 0 Å². The molecule has 0 fully saturated rings. The monoisotopic (exact) mass is 342 g/mol. The van der Waals surface area contributed by atoms with E-state index in [-0.39, 0.29) is 0 Å². The van der Waals surface area contributed by atoms with Crippen LogP contribution in [0, 0.1) is 6.92 Å². The SMILES string of the molecule is COc1ccc(OC)c(C(O)c2sc(C)cc2Br)c1. The van der Waals surface area contributed by atoms with E-state index < -0.39 is 6.10 Å². The van der Waals surface area contributed by atoms with E-state index in [9.17, 15) is 5.11 Å². The summed E-state index contributed by atoms with van der Waals surface area (Å²) < 4.78 is 11.4. The summed E-state index contributed by atoms with van der Waals surface area (Å²) in [5.41, 5.74) is 0.699. The molecule has 1 unspecified atom stereocenters. The maximum absolute atomic E-state index is 10.6. The van der Waals surface area contributed by atoms with E-state index in [1.807, 2.05) is 19.1 Å². The molecule has 1 atom stereocenters. The number of aryl methyl sites for hydroxylation is 1. The topological polar surface area (TPSA) is 38.7 Å². The third kappa shape index (κ3) is 2.94. The van der Waals surface area contributed by atoms with Crippen LogP contribution in [-0.4, -0.2) is 19.3 Å². The standard InChI is InChI=1S/C14H15BrO3S/c1-8-6-11(15)14(19-8)13(16)10-7-9(17-2)4-5-12(10)18-3/h4-7,13,16H,1-3H3. The van der Waals surface area contributed by atoms with Crippen molar-refractivity contribution in [1.82, 2.24) is 0 Å². The van der Waals surface area contributed by atoms with Gasteiger partial charge < -0.3 is 14.6 Å². The van der Waals surface area contributed by atoms with Gasteiger partial charge in [-0.1, -0.05) is 0 Å². The number of benzene rings is 1. The molecule has 1 aromatic heterocycles. The molecule has 2 rings (SSSR count). The zero-order valence-corrected chi connectivity index (χ0v) is 13.3. The van der Waals surface area contributed by atoms with Crippen molar-refractivity contribution in [2.45, 2.75) is 13.0 Å². The number of hydrogen-bond donors (Lipinski definition) is 1. The Bertz CT molecular complexity index is 580. The molecule has 102 valence electrons. The molecule has 19 heavy (non-hydrogen) atoms. The molecule has 0 aliphatic rings. The second-order valence-electron chi connectivity index (χ2n) is 4.08. The third-order valence-corrected chi connectivity index (χ3v) is 4.84. The van der Waals surface area contributed by atoms with Gasteiger partial charge in [0.1, 0.15) is 17.6 Å². The van der Waals surface area contributed by atoms with Crippen molar-refractivity contribution in [3.63, 3.8) is 0 Å². The fourth-order valence-corrected chi connectivity index (χ4v) is 3.76. The second-order valence-corrected chi connectivity index (χ2v) is 6.22. The minimum Gasteiger partial charge on any atom is -0.497 e. The Morgan fingerprint density at radius 1 is 1.21 bits per heavy atom. The Balaban J connectivity index is 2.47. The number of rotatable bonds is 4. The summed E-state index contributed by atoms with van der Waals surface area (Å²) in [4.78, 5) is 2.01. The largest absolute Gasteiger partial charge is 0.497 e. The molecule has 0 saturated heterocycles. The first-order valence-corrected chi connectivity index (χ1v) is 7.33. The number of ether oxygens (including phenoxy) is 2. The Kier molecular flexibility index (Phi) is 4.50. The quantitative estimate of drug-likeness (QED) is 0.915. The number of hydrogen-bond acceptors (Lipinski definition) is 4. The van der Waals surface area contributed by atoms with Crippen LogP contribution in [0.5, 0.6) is 11.5 Å². The van der Waals surface area contributed by atoms with Crippen LogP contribution in [-0.2, 0) is 0 Å². The lowest BCUT2D eigenvalue weighted by atomic mass is 10.1. The normalized spacial score (nSPS) is 12.3. The fraction of sp³-hybridized carbons (Fsp3) is 0.286. The van der Waals surface area contributed by atoms with Crippen LogP contribution < -0.4 is 9.47 Å². The summed E-state index contributed by atoms with van der Waals surface area (Å²) in [6.07, 6.45) is -0.738. The van der Waals surface area contributed by atoms with Gasteiger partial charge in [-0.05, 0) is 47.1 Å². The van der Waals surface area contributed by atoms with Crippen molar-refractivity contribution < 1.29 is 14.6 Å². The summed E-state index contributed by atoms with van der Waals surface area (Å²) in [5, 5.41) is 10.6. The highest BCUT2D eigenvalue weighted by molar-refractivity contribution is 9.10. The molecule has 3 nitrogen and oxygen atoms in total. The van der Waals surface area contributed by atoms with Gasteiger partial charge in [0.05, 0.1) is 19.1 Å². The minimum atomic E-state index is -0.738. The highest BCUT2D eigenvalue weighted by Gasteiger charge is 2.20. The average Bonchev–Trinajstić information content (AvgIpc) is 2.76. The number of halogens is 1. The van der Waals surface area contributed by atoms with Crippen LogP contribution >= 0.6 is 27.3 Å². The van der Waals surface area contributed by atoms with Crippen LogP contribution in [0.15, 0.2) is 28.7 Å². The molecule has 0 radical (unpaired) electrons. The van der Waals surface area contributed by atoms with Crippen LogP contribution in [0.1, 0.15) is 21.4 Å². The molecule has 0 spiro atoms. The fourth-order valence-electron chi connectivity index (χ4n) is 1.88. The smallest absolute Gasteiger partial charge is 0.125 e. The van der Waals surface area contributed by atoms with Gasteiger partial charge in [-0.2, -0.15) is 0 Å². The minimum absolute atomic E-state index is 0.645. The van der Waals surface area contributed by atoms with Crippen molar-refractivity contribution in [1.29, 1.82) is 0 Å². The number of thiophene rings is 1. The highest BCUT2D eigenvalue weighted by Crippen LogP contribution is 2.39. The van der Waals surface area contributed by atoms with E-state index in [2.05, 4.69) is 15.9 Å². The molecular formula is C14H15BrO3S. The predicted molar refractivity (Wildman–Crippen MR) is 80.4 cm³/mol. The Morgan fingerprint density at radius 2 is 1.95 bits per heavy atom. The summed E-state index contributed by atoms with van der Waals surface area (Å²) in [7, 11) is 3.19. The van der Waals surface area contributed by atoms with E-state index in [1.54, 1.807) is 37.7 Å². The maximum Gasteiger partial charge on any atom is 0.125 e. The molecule has 1 aromatic carbocycles. The van der Waals surface area contributed by atoms with Gasteiger partial charge in [0.25, 0.3) is 0 Å². The van der Waals surface area contributed by atoms with E-state index in [0.717, 1.165) is 14.2 Å². The third-order valence-electron chi connectivity index (χ3n) is 2.82. The first-order valence-electron chi connectivity index (χ1n) is 5.72. The molecular weight excluding hydrogens is 328 g/mol. The number of aliphatic hydroxyl groups excluding tert-OH is 1. The molecule has 0 bridgehead atoms. The van der Waals surface area contributed by atoms with Crippen molar-refractivity contribution in [2.24, 2.45) is 0 Å². The summed E-state index contributed by atoms with van der Waals surface area (Å²) in [5.74, 6) is 1.34. The Hall–Kier alpha value is -1.04. The first kappa shape index (κ1) is 14.4. The molecule has 0 aliphatic carbocycles. The summed E-state index contributed by atoms with van der Waals surface area (Å²) >= 11 is 5.03. The van der Waals surface area contributed by atoms with Gasteiger partial charge in [0.2, 0.25) is 0 Å². The van der Waals surface area contributed by atoms with Crippen LogP contribution in [0.4, 0.5) is 0 Å². The van der Waals surface area contributed by atoms with Crippen LogP contribution in [0.3, 0.4) is 0 Å². The number of aliphatic hydroxyl groups is 1. The van der Waals surface area contributed by atoms with Crippen molar-refractivity contribution >= 4 is 27.3 Å². The molecule has 1 heterocycles. The average molecular weight is 343 g/mol. The lowest BCUT2D eigenvalue weighted by Crippen LogP contribution is -2.02. The van der Waals surface area contributed by atoms with Gasteiger partial charge in [-0.15, -0.1) is 11.3 Å². The van der Waals surface area contributed by atoms with E-state index >= 15 is 0 Å². The predicted octanol–water partition coefficient (Wildman–Crippen LogP) is 3.92. The maximum atomic E-state index is 10.6. The molecule has 0 saturated carbocycles. The lowest BCUT2D eigenvalue weighted by molar-refractivity contribution is 0.217. The zero-order chi connectivity index (χ0) is 14.0. The van der Waals surface area contributed by atoms with Crippen molar-refractivity contribution in [2.75, 3.05) is 14.2 Å². The van der Waals surface area contributed by atoms with E-state index in [4.69, 9.17) is 9.47 Å². The molecule has 0 amide bonds. The van der Waals surface area contributed by atoms with Crippen molar-refractivity contribution in [3.8, 4) is 11.5 Å². The summed E-state index contributed by atoms with van der Waals surface area (Å²) in [6, 6.07) is 7.40. The second kappa shape index (κ2) is 5.94. The molecule has 2 aromatic rings. The number of methoxy groups -OCH3 is 2. The van der Waals surface area contributed by atoms with E-state index in [0.29, 0.717) is 17.1 Å². The van der Waals surface area contributed by atoms with Crippen LogP contribution in [0.25, 0.3) is 0 Å². The van der Waals surface area contributed by atoms with E-state index in [1.165, 1.54) is 0 Å². The van der Waals surface area contributed by atoms with Gasteiger partial charge in [0, 0.05) is 14.9 Å². The van der Waals surface area contributed by atoms with Gasteiger partial charge in [0.15, 0.2) is 0 Å². The first-order chi connectivity index (χ1) is 9.06. The molecule has 1 N–H and O–H groups in total.